The van der Waals surface area contributed by atoms with Crippen LogP contribution in [0.2, 0.25) is 0 Å². The molecule has 5 rings (SSSR count). The zero-order valence-electron chi connectivity index (χ0n) is 15.8. The zero-order valence-corrected chi connectivity index (χ0v) is 16.7. The van der Waals surface area contributed by atoms with Crippen molar-refractivity contribution in [3.63, 3.8) is 0 Å². The molecular formula is C19H21N7OS. The number of fused-ring (bicyclic) bond motifs is 4. The Labute approximate surface area is 166 Å². The number of thiazole rings is 1. The second-order valence-electron chi connectivity index (χ2n) is 6.97. The third-order valence-corrected chi connectivity index (χ3v) is 6.12. The Morgan fingerprint density at radius 3 is 3.00 bits per heavy atom. The molecule has 0 bridgehead atoms. The lowest BCUT2D eigenvalue weighted by Gasteiger charge is -2.25. The Morgan fingerprint density at radius 1 is 1.25 bits per heavy atom. The van der Waals surface area contributed by atoms with Crippen molar-refractivity contribution in [1.29, 1.82) is 0 Å². The van der Waals surface area contributed by atoms with E-state index in [4.69, 9.17) is 15.5 Å². The maximum Gasteiger partial charge on any atom is 0.223 e. The summed E-state index contributed by atoms with van der Waals surface area (Å²) in [5, 5.41) is 6.63. The van der Waals surface area contributed by atoms with Gasteiger partial charge < -0.3 is 10.5 Å². The van der Waals surface area contributed by atoms with E-state index in [-0.39, 0.29) is 0 Å². The smallest absolute Gasteiger partial charge is 0.223 e. The standard InChI is InChI=1S/C19H21N7OS/c1-11-21-13-6-8-25(10-15(13)28-11)9-7-16-22-18-12-4-3-5-14(27-2)17(12)23-19(20)26(18)24-16/h3-5H,6-10H2,1-2H3,(H2,20,23). The van der Waals surface area contributed by atoms with Crippen molar-refractivity contribution in [3.8, 4) is 5.75 Å². The summed E-state index contributed by atoms with van der Waals surface area (Å²) < 4.78 is 7.03. The summed E-state index contributed by atoms with van der Waals surface area (Å²) in [7, 11) is 1.63. The number of para-hydroxylation sites is 1. The van der Waals surface area contributed by atoms with E-state index in [1.165, 1.54) is 10.6 Å². The molecule has 1 aliphatic heterocycles. The fourth-order valence-corrected chi connectivity index (χ4v) is 4.79. The Balaban J connectivity index is 1.41. The monoisotopic (exact) mass is 395 g/mol. The molecule has 8 nitrogen and oxygen atoms in total. The first-order valence-electron chi connectivity index (χ1n) is 9.28. The summed E-state index contributed by atoms with van der Waals surface area (Å²) in [5.41, 5.74) is 8.82. The van der Waals surface area contributed by atoms with Crippen molar-refractivity contribution in [3.05, 3.63) is 39.6 Å². The van der Waals surface area contributed by atoms with Crippen molar-refractivity contribution >= 4 is 33.8 Å². The molecule has 0 unspecified atom stereocenters. The fraction of sp³-hybridized carbons (Fsp3) is 0.368. The summed E-state index contributed by atoms with van der Waals surface area (Å²) in [6.07, 6.45) is 1.78. The number of benzene rings is 1. The van der Waals surface area contributed by atoms with Crippen LogP contribution in [-0.4, -0.2) is 49.7 Å². The zero-order chi connectivity index (χ0) is 19.3. The summed E-state index contributed by atoms with van der Waals surface area (Å²) in [4.78, 5) is 17.7. The second-order valence-corrected chi connectivity index (χ2v) is 8.26. The molecule has 28 heavy (non-hydrogen) atoms. The Bertz CT molecular complexity index is 1180. The van der Waals surface area contributed by atoms with Gasteiger partial charge in [0.15, 0.2) is 11.5 Å². The minimum absolute atomic E-state index is 0.313. The van der Waals surface area contributed by atoms with E-state index in [0.29, 0.717) is 17.2 Å². The van der Waals surface area contributed by atoms with Gasteiger partial charge >= 0.3 is 0 Å². The number of ether oxygens (including phenoxy) is 1. The molecule has 0 atom stereocenters. The topological polar surface area (TPSA) is 94.5 Å². The molecule has 0 spiro atoms. The minimum Gasteiger partial charge on any atom is -0.494 e. The molecule has 4 aromatic rings. The molecule has 9 heteroatoms. The van der Waals surface area contributed by atoms with Gasteiger partial charge in [-0.1, -0.05) is 6.07 Å². The highest BCUT2D eigenvalue weighted by molar-refractivity contribution is 7.11. The number of methoxy groups -OCH3 is 1. The number of hydrogen-bond acceptors (Lipinski definition) is 8. The first kappa shape index (κ1) is 17.3. The number of rotatable bonds is 4. The highest BCUT2D eigenvalue weighted by atomic mass is 32.1. The number of nitrogens with two attached hydrogens (primary N) is 1. The van der Waals surface area contributed by atoms with Gasteiger partial charge in [0.1, 0.15) is 11.3 Å². The van der Waals surface area contributed by atoms with Crippen LogP contribution in [0.15, 0.2) is 18.2 Å². The molecule has 2 N–H and O–H groups in total. The minimum atomic E-state index is 0.313. The maximum atomic E-state index is 6.13. The van der Waals surface area contributed by atoms with E-state index in [9.17, 15) is 0 Å². The average molecular weight is 395 g/mol. The molecule has 4 heterocycles. The van der Waals surface area contributed by atoms with Gasteiger partial charge in [0.2, 0.25) is 5.95 Å². The van der Waals surface area contributed by atoms with Crippen LogP contribution in [0, 0.1) is 6.92 Å². The molecule has 3 aromatic heterocycles. The SMILES string of the molecule is COc1cccc2c1nc(N)n1nc(CCN3CCc4nc(C)sc4C3)nc21. The summed E-state index contributed by atoms with van der Waals surface area (Å²) >= 11 is 1.80. The van der Waals surface area contributed by atoms with Crippen LogP contribution in [0.5, 0.6) is 5.75 Å². The number of anilines is 1. The average Bonchev–Trinajstić information content (AvgIpc) is 3.28. The third kappa shape index (κ3) is 2.87. The van der Waals surface area contributed by atoms with Crippen LogP contribution < -0.4 is 10.5 Å². The van der Waals surface area contributed by atoms with Gasteiger partial charge in [-0.3, -0.25) is 4.90 Å². The summed E-state index contributed by atoms with van der Waals surface area (Å²) in [5.74, 6) is 1.77. The van der Waals surface area contributed by atoms with Gasteiger partial charge in [0, 0.05) is 42.7 Å². The predicted molar refractivity (Wildman–Crippen MR) is 109 cm³/mol. The highest BCUT2D eigenvalue weighted by Crippen LogP contribution is 2.28. The maximum absolute atomic E-state index is 6.13. The van der Waals surface area contributed by atoms with Crippen LogP contribution >= 0.6 is 11.3 Å². The van der Waals surface area contributed by atoms with Crippen molar-refractivity contribution in [2.24, 2.45) is 0 Å². The molecular weight excluding hydrogens is 374 g/mol. The van der Waals surface area contributed by atoms with Crippen LogP contribution in [0.1, 0.15) is 21.4 Å². The number of hydrogen-bond donors (Lipinski definition) is 1. The van der Waals surface area contributed by atoms with Crippen molar-refractivity contribution in [2.75, 3.05) is 25.9 Å². The number of aryl methyl sites for hydroxylation is 1. The van der Waals surface area contributed by atoms with Gasteiger partial charge in [-0.15, -0.1) is 16.4 Å². The predicted octanol–water partition coefficient (Wildman–Crippen LogP) is 2.23. The van der Waals surface area contributed by atoms with Gasteiger partial charge in [-0.05, 0) is 19.1 Å². The quantitative estimate of drug-likeness (QED) is 0.566. The largest absolute Gasteiger partial charge is 0.494 e. The lowest BCUT2D eigenvalue weighted by molar-refractivity contribution is 0.257. The van der Waals surface area contributed by atoms with Gasteiger partial charge in [0.25, 0.3) is 0 Å². The molecule has 0 aliphatic carbocycles. The van der Waals surface area contributed by atoms with E-state index in [0.717, 1.165) is 54.3 Å². The number of aromatic nitrogens is 5. The Kier molecular flexibility index (Phi) is 4.13. The van der Waals surface area contributed by atoms with Crippen LogP contribution in [0.4, 0.5) is 5.95 Å². The van der Waals surface area contributed by atoms with E-state index in [2.05, 4.69) is 26.9 Å². The molecule has 0 saturated carbocycles. The number of nitrogens with zero attached hydrogens (tertiary/aromatic N) is 6. The number of nitrogen functional groups attached to an aromatic ring is 1. The Morgan fingerprint density at radius 2 is 2.14 bits per heavy atom. The highest BCUT2D eigenvalue weighted by Gasteiger charge is 2.20. The van der Waals surface area contributed by atoms with Crippen LogP contribution in [0.3, 0.4) is 0 Å². The lowest BCUT2D eigenvalue weighted by Crippen LogP contribution is -2.31. The Hall–Kier alpha value is -2.78. The lowest BCUT2D eigenvalue weighted by atomic mass is 10.1. The molecule has 1 aromatic carbocycles. The second kappa shape index (κ2) is 6.68. The van der Waals surface area contributed by atoms with Gasteiger partial charge in [-0.25, -0.2) is 15.0 Å². The van der Waals surface area contributed by atoms with E-state index in [1.54, 1.807) is 23.0 Å². The fourth-order valence-electron chi connectivity index (χ4n) is 3.77. The van der Waals surface area contributed by atoms with E-state index in [1.807, 2.05) is 18.2 Å². The summed E-state index contributed by atoms with van der Waals surface area (Å²) in [6, 6.07) is 5.76. The van der Waals surface area contributed by atoms with Crippen LogP contribution in [0.25, 0.3) is 16.6 Å². The third-order valence-electron chi connectivity index (χ3n) is 5.12. The van der Waals surface area contributed by atoms with Crippen molar-refractivity contribution < 1.29 is 4.74 Å². The van der Waals surface area contributed by atoms with Gasteiger partial charge in [-0.2, -0.15) is 4.52 Å². The van der Waals surface area contributed by atoms with Gasteiger partial charge in [0.05, 0.1) is 17.8 Å². The molecule has 0 saturated heterocycles. The molecule has 144 valence electrons. The molecule has 0 fully saturated rings. The molecule has 0 radical (unpaired) electrons. The normalized spacial score (nSPS) is 14.6. The van der Waals surface area contributed by atoms with E-state index >= 15 is 0 Å². The summed E-state index contributed by atoms with van der Waals surface area (Å²) in [6.45, 7) is 4.96. The van der Waals surface area contributed by atoms with Crippen LogP contribution in [-0.2, 0) is 19.4 Å². The van der Waals surface area contributed by atoms with Crippen molar-refractivity contribution in [1.82, 2.24) is 29.5 Å². The first-order valence-corrected chi connectivity index (χ1v) is 10.1. The van der Waals surface area contributed by atoms with Crippen molar-refractivity contribution in [2.45, 2.75) is 26.3 Å². The first-order chi connectivity index (χ1) is 13.6. The molecule has 0 amide bonds. The molecule has 1 aliphatic rings. The van der Waals surface area contributed by atoms with E-state index < -0.39 is 0 Å².